The number of amides is 1. The Balaban J connectivity index is 1.76. The van der Waals surface area contributed by atoms with Gasteiger partial charge in [-0.2, -0.15) is 0 Å². The first-order valence-corrected chi connectivity index (χ1v) is 29.4. The van der Waals surface area contributed by atoms with Crippen molar-refractivity contribution in [1.82, 2.24) is 5.32 Å². The van der Waals surface area contributed by atoms with Crippen LogP contribution in [0, 0.1) is 0 Å². The van der Waals surface area contributed by atoms with Crippen LogP contribution in [0.15, 0.2) is 48.6 Å². The average molecular weight is 1040 g/mol. The maximum Gasteiger partial charge on any atom is 0.220 e. The van der Waals surface area contributed by atoms with Gasteiger partial charge >= 0.3 is 0 Å². The first kappa shape index (κ1) is 67.1. The predicted octanol–water partition coefficient (Wildman–Crippen LogP) is 9.61. The van der Waals surface area contributed by atoms with Crippen LogP contribution in [0.3, 0.4) is 0 Å². The summed E-state index contributed by atoms with van der Waals surface area (Å²) in [7, 11) is 0. The minimum Gasteiger partial charge on any atom is -0.394 e. The number of aliphatic hydroxyl groups excluding tert-OH is 8. The van der Waals surface area contributed by atoms with Crippen molar-refractivity contribution >= 4 is 5.91 Å². The Hall–Kier alpha value is -2.05. The molecule has 0 aromatic rings. The van der Waals surface area contributed by atoms with Crippen LogP contribution in [0.4, 0.5) is 0 Å². The van der Waals surface area contributed by atoms with Crippen molar-refractivity contribution in [2.45, 2.75) is 299 Å². The summed E-state index contributed by atoms with van der Waals surface area (Å²) in [6.45, 7) is 2.70. The fourth-order valence-corrected chi connectivity index (χ4v) is 9.46. The van der Waals surface area contributed by atoms with Crippen LogP contribution in [0.25, 0.3) is 0 Å². The number of carbonyl (C=O) groups is 1. The van der Waals surface area contributed by atoms with Gasteiger partial charge < -0.3 is 65.1 Å². The molecule has 14 nitrogen and oxygen atoms in total. The Bertz CT molecular complexity index is 1410. The van der Waals surface area contributed by atoms with Crippen LogP contribution in [0.5, 0.6) is 0 Å². The molecule has 14 heteroatoms. The van der Waals surface area contributed by atoms with Crippen molar-refractivity contribution in [1.29, 1.82) is 0 Å². The quantitative estimate of drug-likeness (QED) is 0.0205. The Labute approximate surface area is 442 Å². The maximum absolute atomic E-state index is 13.2. The van der Waals surface area contributed by atoms with Crippen molar-refractivity contribution < 1.29 is 64.6 Å². The number of unbranched alkanes of at least 4 members (excludes halogenated alkanes) is 27. The van der Waals surface area contributed by atoms with Crippen molar-refractivity contribution in [3.05, 3.63) is 48.6 Å². The molecule has 2 fully saturated rings. The van der Waals surface area contributed by atoms with Gasteiger partial charge in [0.25, 0.3) is 0 Å². The minimum absolute atomic E-state index is 0.256. The van der Waals surface area contributed by atoms with Crippen LogP contribution >= 0.6 is 0 Å². The van der Waals surface area contributed by atoms with Gasteiger partial charge in [0.05, 0.1) is 32.0 Å². The van der Waals surface area contributed by atoms with Crippen LogP contribution in [-0.2, 0) is 23.7 Å². The third-order valence-corrected chi connectivity index (χ3v) is 14.2. The number of carbonyl (C=O) groups excluding carboxylic acids is 1. The topological polar surface area (TPSA) is 228 Å². The molecule has 426 valence electrons. The van der Waals surface area contributed by atoms with Crippen molar-refractivity contribution in [2.75, 3.05) is 19.8 Å². The number of hydrogen-bond donors (Lipinski definition) is 9. The van der Waals surface area contributed by atoms with Crippen LogP contribution in [-0.4, -0.2) is 140 Å². The van der Waals surface area contributed by atoms with Gasteiger partial charge in [-0.3, -0.25) is 4.79 Å². The monoisotopic (exact) mass is 1040 g/mol. The lowest BCUT2D eigenvalue weighted by Crippen LogP contribution is -2.65. The second kappa shape index (κ2) is 45.0. The highest BCUT2D eigenvalue weighted by molar-refractivity contribution is 5.76. The van der Waals surface area contributed by atoms with Crippen molar-refractivity contribution in [3.8, 4) is 0 Å². The van der Waals surface area contributed by atoms with Crippen molar-refractivity contribution in [3.63, 3.8) is 0 Å². The molecule has 2 aliphatic rings. The molecule has 0 aromatic carbocycles. The van der Waals surface area contributed by atoms with E-state index in [1.54, 1.807) is 6.08 Å². The molecule has 2 heterocycles. The van der Waals surface area contributed by atoms with E-state index >= 15 is 0 Å². The highest BCUT2D eigenvalue weighted by Gasteiger charge is 2.51. The Morgan fingerprint density at radius 1 is 0.493 bits per heavy atom. The normalized spacial score (nSPS) is 25.7. The predicted molar refractivity (Wildman–Crippen MR) is 291 cm³/mol. The first-order chi connectivity index (χ1) is 35.6. The number of ether oxygens (including phenoxy) is 4. The first-order valence-electron chi connectivity index (χ1n) is 29.4. The van der Waals surface area contributed by atoms with Crippen LogP contribution in [0.1, 0.15) is 226 Å². The van der Waals surface area contributed by atoms with E-state index in [1.807, 2.05) is 6.08 Å². The van der Waals surface area contributed by atoms with E-state index in [-0.39, 0.29) is 18.9 Å². The molecule has 73 heavy (non-hydrogen) atoms. The summed E-state index contributed by atoms with van der Waals surface area (Å²) in [5, 5.41) is 86.9. The lowest BCUT2D eigenvalue weighted by atomic mass is 9.97. The maximum atomic E-state index is 13.2. The van der Waals surface area contributed by atoms with Gasteiger partial charge in [0.1, 0.15) is 48.8 Å². The van der Waals surface area contributed by atoms with E-state index in [2.05, 4.69) is 55.6 Å². The third-order valence-electron chi connectivity index (χ3n) is 14.2. The summed E-state index contributed by atoms with van der Waals surface area (Å²) in [6.07, 6.45) is 38.8. The SMILES string of the molecule is CCC/C=C\C/C=C\CCCCCCCC(=O)NC(COC1OC(CO)C(OC2OC(CO)C(O)C(O)C2O)C(O)C1O)C(O)/C=C/CC/C=C/CCCCCCCCCCCCCCCCCCCCCC. The molecule has 0 aliphatic carbocycles. The summed E-state index contributed by atoms with van der Waals surface area (Å²) in [5.41, 5.74) is 0. The van der Waals surface area contributed by atoms with Gasteiger partial charge in [-0.05, 0) is 57.8 Å². The van der Waals surface area contributed by atoms with E-state index in [0.29, 0.717) is 12.8 Å². The molecule has 2 aliphatic heterocycles. The standard InChI is InChI=1S/C59H107NO13/c1-3-5-7-9-11-13-15-17-18-19-20-21-22-23-24-25-26-27-28-29-31-32-34-36-38-40-42-48(63)47(60-51(64)43-41-39-37-35-33-30-16-14-12-10-8-6-4-2)46-70-58-56(69)54(67)57(50(45-62)72-58)73-59-55(68)53(66)52(65)49(44-61)71-59/h8,10,14,16,32,34,40,42,47-50,52-59,61-63,65-69H,3-7,9,11-13,15,17-31,33,35-39,41,43-46H2,1-2H3,(H,60,64)/b10-8-,16-14-,34-32+,42-40+. The van der Waals surface area contributed by atoms with Gasteiger partial charge in [0.2, 0.25) is 5.91 Å². The molecule has 2 rings (SSSR count). The van der Waals surface area contributed by atoms with Gasteiger partial charge in [-0.15, -0.1) is 0 Å². The number of allylic oxidation sites excluding steroid dienone is 7. The Kier molecular flexibility index (Phi) is 41.4. The summed E-state index contributed by atoms with van der Waals surface area (Å²) >= 11 is 0. The third kappa shape index (κ3) is 31.1. The number of aliphatic hydroxyl groups is 8. The number of nitrogens with one attached hydrogen (secondary N) is 1. The molecule has 2 saturated heterocycles. The smallest absolute Gasteiger partial charge is 0.220 e. The molecular weight excluding hydrogens is 931 g/mol. The molecule has 1 amide bonds. The highest BCUT2D eigenvalue weighted by Crippen LogP contribution is 2.30. The second-order valence-electron chi connectivity index (χ2n) is 20.8. The fourth-order valence-electron chi connectivity index (χ4n) is 9.46. The van der Waals surface area contributed by atoms with E-state index in [4.69, 9.17) is 18.9 Å². The summed E-state index contributed by atoms with van der Waals surface area (Å²) in [6, 6.07) is -0.939. The van der Waals surface area contributed by atoms with Crippen LogP contribution in [0.2, 0.25) is 0 Å². The molecule has 0 saturated carbocycles. The highest BCUT2D eigenvalue weighted by atomic mass is 16.7. The zero-order valence-corrected chi connectivity index (χ0v) is 45.6. The van der Waals surface area contributed by atoms with Crippen LogP contribution < -0.4 is 5.32 Å². The van der Waals surface area contributed by atoms with E-state index in [0.717, 1.165) is 64.2 Å². The number of hydrogen-bond acceptors (Lipinski definition) is 13. The van der Waals surface area contributed by atoms with Gasteiger partial charge in [0, 0.05) is 6.42 Å². The summed E-state index contributed by atoms with van der Waals surface area (Å²) in [4.78, 5) is 13.2. The molecule has 0 spiro atoms. The van der Waals surface area contributed by atoms with E-state index < -0.39 is 86.8 Å². The average Bonchev–Trinajstić information content (AvgIpc) is 3.39. The number of rotatable bonds is 46. The second-order valence-corrected chi connectivity index (χ2v) is 20.8. The molecular formula is C59H107NO13. The summed E-state index contributed by atoms with van der Waals surface area (Å²) in [5.74, 6) is -0.264. The van der Waals surface area contributed by atoms with Gasteiger partial charge in [-0.1, -0.05) is 210 Å². The largest absolute Gasteiger partial charge is 0.394 e. The molecule has 12 unspecified atom stereocenters. The molecule has 0 aromatic heterocycles. The Morgan fingerprint density at radius 3 is 1.48 bits per heavy atom. The van der Waals surface area contributed by atoms with E-state index in [1.165, 1.54) is 128 Å². The molecule has 12 atom stereocenters. The minimum atomic E-state index is -1.79. The van der Waals surface area contributed by atoms with E-state index in [9.17, 15) is 45.6 Å². The lowest BCUT2D eigenvalue weighted by Gasteiger charge is -2.46. The zero-order valence-electron chi connectivity index (χ0n) is 45.6. The van der Waals surface area contributed by atoms with Gasteiger partial charge in [0.15, 0.2) is 12.6 Å². The molecule has 0 radical (unpaired) electrons. The molecule has 0 bridgehead atoms. The Morgan fingerprint density at radius 2 is 0.945 bits per heavy atom. The summed E-state index contributed by atoms with van der Waals surface area (Å²) < 4.78 is 22.7. The molecule has 9 N–H and O–H groups in total. The fraction of sp³-hybridized carbons (Fsp3) is 0.847. The lowest BCUT2D eigenvalue weighted by molar-refractivity contribution is -0.359. The van der Waals surface area contributed by atoms with Crippen molar-refractivity contribution in [2.24, 2.45) is 0 Å². The van der Waals surface area contributed by atoms with Gasteiger partial charge in [-0.25, -0.2) is 0 Å². The zero-order chi connectivity index (χ0) is 53.2.